The highest BCUT2D eigenvalue weighted by Crippen LogP contribution is 2.29. The molecule has 3 amide bonds. The molecule has 1 N–H and O–H groups in total. The third-order valence-corrected chi connectivity index (χ3v) is 5.06. The minimum atomic E-state index is -0.494. The lowest BCUT2D eigenvalue weighted by atomic mass is 10.1. The number of imide groups is 1. The van der Waals surface area contributed by atoms with Gasteiger partial charge in [0.15, 0.2) is 0 Å². The number of carbonyl (C=O) groups excluding carboxylic acids is 2. The predicted octanol–water partition coefficient (Wildman–Crippen LogP) is 5.26. The first kappa shape index (κ1) is 19.8. The topological polar surface area (TPSA) is 58.6 Å². The largest absolute Gasteiger partial charge is 0.488 e. The van der Waals surface area contributed by atoms with Gasteiger partial charge in [0, 0.05) is 0 Å². The van der Waals surface area contributed by atoms with Gasteiger partial charge in [-0.1, -0.05) is 36.4 Å². The lowest BCUT2D eigenvalue weighted by Gasteiger charge is -2.11. The molecule has 4 rings (SSSR count). The number of amides is 3. The normalized spacial score (nSPS) is 14.9. The molecule has 3 aromatic rings. The Bertz CT molecular complexity index is 1150. The third-order valence-electron chi connectivity index (χ3n) is 4.44. The average molecular weight is 467 g/mol. The monoisotopic (exact) mass is 466 g/mol. The number of nitrogens with zero attached hydrogens (tertiary/aromatic N) is 1. The molecule has 1 saturated heterocycles. The van der Waals surface area contributed by atoms with Gasteiger partial charge in [0.05, 0.1) is 10.2 Å². The molecule has 150 valence electrons. The van der Waals surface area contributed by atoms with Gasteiger partial charge in [-0.3, -0.25) is 4.79 Å². The van der Waals surface area contributed by atoms with E-state index in [0.29, 0.717) is 27.0 Å². The molecule has 7 heteroatoms. The van der Waals surface area contributed by atoms with Crippen LogP contribution < -0.4 is 15.0 Å². The Morgan fingerprint density at radius 3 is 2.53 bits per heavy atom. The smallest absolute Gasteiger partial charge is 0.333 e. The summed E-state index contributed by atoms with van der Waals surface area (Å²) in [5.41, 5.74) is 2.11. The number of urea groups is 1. The van der Waals surface area contributed by atoms with Crippen LogP contribution in [0.2, 0.25) is 0 Å². The van der Waals surface area contributed by atoms with Gasteiger partial charge in [0.1, 0.15) is 23.9 Å². The molecule has 1 aliphatic heterocycles. The molecule has 0 bridgehead atoms. The molecule has 30 heavy (non-hydrogen) atoms. The van der Waals surface area contributed by atoms with Crippen LogP contribution in [0.15, 0.2) is 83.0 Å². The predicted molar refractivity (Wildman–Crippen MR) is 115 cm³/mol. The molecular formula is C23H16BrFN2O3. The highest BCUT2D eigenvalue weighted by atomic mass is 79.9. The van der Waals surface area contributed by atoms with Crippen molar-refractivity contribution in [3.05, 3.63) is 99.9 Å². The molecule has 0 spiro atoms. The van der Waals surface area contributed by atoms with E-state index in [4.69, 9.17) is 4.74 Å². The Kier molecular flexibility index (Phi) is 5.63. The summed E-state index contributed by atoms with van der Waals surface area (Å²) in [4.78, 5) is 26.0. The second-order valence-corrected chi connectivity index (χ2v) is 7.43. The van der Waals surface area contributed by atoms with Crippen LogP contribution in [0.25, 0.3) is 6.08 Å². The summed E-state index contributed by atoms with van der Waals surface area (Å²) in [7, 11) is 0. The molecule has 0 radical (unpaired) electrons. The maximum atomic E-state index is 13.3. The highest BCUT2D eigenvalue weighted by molar-refractivity contribution is 9.10. The van der Waals surface area contributed by atoms with Gasteiger partial charge in [-0.05, 0) is 69.5 Å². The lowest BCUT2D eigenvalue weighted by Crippen LogP contribution is -2.30. The van der Waals surface area contributed by atoms with E-state index >= 15 is 0 Å². The van der Waals surface area contributed by atoms with Crippen LogP contribution in [-0.2, 0) is 11.4 Å². The van der Waals surface area contributed by atoms with Gasteiger partial charge in [-0.25, -0.2) is 14.1 Å². The Balaban J connectivity index is 1.50. The van der Waals surface area contributed by atoms with Gasteiger partial charge in [0.2, 0.25) is 0 Å². The van der Waals surface area contributed by atoms with E-state index in [0.717, 1.165) is 4.90 Å². The molecule has 1 heterocycles. The third kappa shape index (κ3) is 4.26. The van der Waals surface area contributed by atoms with Gasteiger partial charge >= 0.3 is 6.03 Å². The number of para-hydroxylation sites is 1. The summed E-state index contributed by atoms with van der Waals surface area (Å²) in [5.74, 6) is -0.159. The minimum absolute atomic E-state index is 0.184. The lowest BCUT2D eigenvalue weighted by molar-refractivity contribution is -0.113. The number of carbonyl (C=O) groups is 2. The van der Waals surface area contributed by atoms with E-state index in [1.54, 1.807) is 60.7 Å². The molecule has 0 unspecified atom stereocenters. The first-order valence-corrected chi connectivity index (χ1v) is 9.89. The zero-order chi connectivity index (χ0) is 21.1. The fraction of sp³-hybridized carbons (Fsp3) is 0.0435. The number of rotatable bonds is 5. The Labute approximate surface area is 180 Å². The van der Waals surface area contributed by atoms with Gasteiger partial charge in [-0.15, -0.1) is 0 Å². The standard InChI is InChI=1S/C23H16BrFN2O3/c24-19-12-15(9-10-21(19)30-14-16-5-4-6-17(25)11-16)13-20-22(28)27(23(29)26-20)18-7-2-1-3-8-18/h1-13H,14H2,(H,26,29)/b20-13+. The van der Waals surface area contributed by atoms with Gasteiger partial charge in [-0.2, -0.15) is 0 Å². The molecule has 1 fully saturated rings. The van der Waals surface area contributed by atoms with E-state index in [1.807, 2.05) is 6.07 Å². The Morgan fingerprint density at radius 1 is 1.00 bits per heavy atom. The molecule has 1 aliphatic rings. The molecular weight excluding hydrogens is 451 g/mol. The number of hydrogen-bond donors (Lipinski definition) is 1. The first-order valence-electron chi connectivity index (χ1n) is 9.10. The number of nitrogens with one attached hydrogen (secondary N) is 1. The maximum absolute atomic E-state index is 13.3. The van der Waals surface area contributed by atoms with Crippen LogP contribution in [0.1, 0.15) is 11.1 Å². The van der Waals surface area contributed by atoms with Crippen molar-refractivity contribution in [2.45, 2.75) is 6.61 Å². The maximum Gasteiger partial charge on any atom is 0.333 e. The van der Waals surface area contributed by atoms with E-state index in [2.05, 4.69) is 21.2 Å². The summed E-state index contributed by atoms with van der Waals surface area (Å²) in [6.45, 7) is 0.220. The molecule has 0 aromatic heterocycles. The van der Waals surface area contributed by atoms with Crippen molar-refractivity contribution < 1.29 is 18.7 Å². The first-order chi connectivity index (χ1) is 14.5. The van der Waals surface area contributed by atoms with Crippen molar-refractivity contribution in [2.75, 3.05) is 4.90 Å². The fourth-order valence-corrected chi connectivity index (χ4v) is 3.54. The minimum Gasteiger partial charge on any atom is -0.488 e. The summed E-state index contributed by atoms with van der Waals surface area (Å²) >= 11 is 3.45. The van der Waals surface area contributed by atoms with Crippen molar-refractivity contribution in [3.63, 3.8) is 0 Å². The van der Waals surface area contributed by atoms with Gasteiger partial charge < -0.3 is 10.1 Å². The number of hydrogen-bond acceptors (Lipinski definition) is 3. The highest BCUT2D eigenvalue weighted by Gasteiger charge is 2.34. The molecule has 0 saturated carbocycles. The van der Waals surface area contributed by atoms with Crippen LogP contribution >= 0.6 is 15.9 Å². The van der Waals surface area contributed by atoms with E-state index in [1.165, 1.54) is 12.1 Å². The average Bonchev–Trinajstić information content (AvgIpc) is 3.01. The molecule has 5 nitrogen and oxygen atoms in total. The van der Waals surface area contributed by atoms with Crippen LogP contribution in [0.3, 0.4) is 0 Å². The quantitative estimate of drug-likeness (QED) is 0.411. The zero-order valence-corrected chi connectivity index (χ0v) is 17.2. The van der Waals surface area contributed by atoms with Crippen molar-refractivity contribution in [1.82, 2.24) is 5.32 Å². The number of anilines is 1. The zero-order valence-electron chi connectivity index (χ0n) is 15.6. The summed E-state index contributed by atoms with van der Waals surface area (Å²) < 4.78 is 19.7. The fourth-order valence-electron chi connectivity index (χ4n) is 3.03. The Hall–Kier alpha value is -3.45. The molecule has 3 aromatic carbocycles. The SMILES string of the molecule is O=C1N/C(=C/c2ccc(OCc3cccc(F)c3)c(Br)c2)C(=O)N1c1ccccc1. The number of benzene rings is 3. The van der Waals surface area contributed by atoms with E-state index in [9.17, 15) is 14.0 Å². The van der Waals surface area contributed by atoms with E-state index in [-0.39, 0.29) is 18.1 Å². The van der Waals surface area contributed by atoms with Crippen LogP contribution in [-0.4, -0.2) is 11.9 Å². The molecule has 0 aliphatic carbocycles. The van der Waals surface area contributed by atoms with Crippen molar-refractivity contribution in [1.29, 1.82) is 0 Å². The van der Waals surface area contributed by atoms with Crippen molar-refractivity contribution in [3.8, 4) is 5.75 Å². The number of ether oxygens (including phenoxy) is 1. The second kappa shape index (κ2) is 8.51. The Morgan fingerprint density at radius 2 is 1.80 bits per heavy atom. The van der Waals surface area contributed by atoms with Gasteiger partial charge in [0.25, 0.3) is 5.91 Å². The summed E-state index contributed by atoms with van der Waals surface area (Å²) in [6, 6.07) is 19.7. The summed E-state index contributed by atoms with van der Waals surface area (Å²) in [6.07, 6.45) is 1.60. The van der Waals surface area contributed by atoms with E-state index < -0.39 is 11.9 Å². The van der Waals surface area contributed by atoms with Crippen molar-refractivity contribution in [2.24, 2.45) is 0 Å². The molecule has 0 atom stereocenters. The van der Waals surface area contributed by atoms with Crippen molar-refractivity contribution >= 4 is 39.6 Å². The van der Waals surface area contributed by atoms with Crippen LogP contribution in [0.4, 0.5) is 14.9 Å². The number of halogens is 2. The van der Waals surface area contributed by atoms with Crippen LogP contribution in [0.5, 0.6) is 5.75 Å². The second-order valence-electron chi connectivity index (χ2n) is 6.57. The summed E-state index contributed by atoms with van der Waals surface area (Å²) in [5, 5.41) is 2.60. The van der Waals surface area contributed by atoms with Crippen LogP contribution in [0, 0.1) is 5.82 Å².